The minimum Gasteiger partial charge on any atom is -0.379 e. The smallest absolute Gasteiger partial charge is 0.336 e. The van der Waals surface area contributed by atoms with Crippen molar-refractivity contribution < 1.29 is 13.2 Å². The number of benzene rings is 1. The summed E-state index contributed by atoms with van der Waals surface area (Å²) in [5.74, 6) is 0. The average Bonchev–Trinajstić information content (AvgIpc) is 3.21. The van der Waals surface area contributed by atoms with Crippen molar-refractivity contribution in [1.29, 1.82) is 0 Å². The van der Waals surface area contributed by atoms with Crippen LogP contribution in [0.2, 0.25) is 0 Å². The van der Waals surface area contributed by atoms with E-state index in [2.05, 4.69) is 0 Å². The van der Waals surface area contributed by atoms with Crippen LogP contribution in [0.25, 0.3) is 4.83 Å². The third-order valence-corrected chi connectivity index (χ3v) is 7.70. The lowest BCUT2D eigenvalue weighted by Gasteiger charge is -2.26. The molecule has 1 aliphatic rings. The molecule has 1 aliphatic heterocycles. The van der Waals surface area contributed by atoms with Crippen LogP contribution in [-0.4, -0.2) is 48.0 Å². The Labute approximate surface area is 165 Å². The predicted octanol–water partition coefficient (Wildman–Crippen LogP) is 0.900. The third-order valence-electron chi connectivity index (χ3n) is 4.80. The summed E-state index contributed by atoms with van der Waals surface area (Å²) in [6, 6.07) is 6.30. The number of nitrogens with zero attached hydrogens (tertiary/aromatic N) is 3. The van der Waals surface area contributed by atoms with Gasteiger partial charge in [0.15, 0.2) is 0 Å². The Bertz CT molecular complexity index is 1230. The van der Waals surface area contributed by atoms with Crippen molar-refractivity contribution >= 4 is 26.2 Å². The first kappa shape index (κ1) is 19.1. The van der Waals surface area contributed by atoms with Crippen molar-refractivity contribution in [2.24, 2.45) is 0 Å². The van der Waals surface area contributed by atoms with Crippen molar-refractivity contribution in [1.82, 2.24) is 13.3 Å². The van der Waals surface area contributed by atoms with Gasteiger partial charge in [-0.25, -0.2) is 13.2 Å². The Morgan fingerprint density at radius 2 is 1.79 bits per heavy atom. The molecule has 148 valence electrons. The molecule has 3 heterocycles. The maximum absolute atomic E-state index is 12.7. The van der Waals surface area contributed by atoms with Crippen molar-refractivity contribution in [3.63, 3.8) is 0 Å². The largest absolute Gasteiger partial charge is 0.379 e. The van der Waals surface area contributed by atoms with Crippen LogP contribution in [0.1, 0.15) is 11.1 Å². The van der Waals surface area contributed by atoms with Crippen LogP contribution in [0.3, 0.4) is 0 Å². The molecule has 0 spiro atoms. The van der Waals surface area contributed by atoms with Gasteiger partial charge in [0.05, 0.1) is 24.7 Å². The highest BCUT2D eigenvalue weighted by atomic mass is 32.2. The molecule has 0 N–H and O–H groups in total. The third kappa shape index (κ3) is 3.22. The number of ether oxygens (including phenoxy) is 1. The highest BCUT2D eigenvalue weighted by Crippen LogP contribution is 2.18. The van der Waals surface area contributed by atoms with E-state index < -0.39 is 15.7 Å². The summed E-state index contributed by atoms with van der Waals surface area (Å²) >= 11 is 1.34. The fourth-order valence-electron chi connectivity index (χ4n) is 3.24. The number of aryl methyl sites for hydroxylation is 1. The van der Waals surface area contributed by atoms with Crippen molar-refractivity contribution in [3.8, 4) is 0 Å². The van der Waals surface area contributed by atoms with Gasteiger partial charge in [0.25, 0.3) is 5.56 Å². The molecule has 28 heavy (non-hydrogen) atoms. The Morgan fingerprint density at radius 3 is 2.46 bits per heavy atom. The molecule has 0 radical (unpaired) electrons. The lowest BCUT2D eigenvalue weighted by atomic mass is 10.2. The molecule has 0 bridgehead atoms. The van der Waals surface area contributed by atoms with Gasteiger partial charge >= 0.3 is 5.69 Å². The van der Waals surface area contributed by atoms with Gasteiger partial charge in [-0.1, -0.05) is 12.1 Å². The van der Waals surface area contributed by atoms with Gasteiger partial charge in [-0.15, -0.1) is 11.3 Å². The summed E-state index contributed by atoms with van der Waals surface area (Å²) in [5.41, 5.74) is 0.449. The van der Waals surface area contributed by atoms with E-state index in [1.165, 1.54) is 36.7 Å². The van der Waals surface area contributed by atoms with Crippen molar-refractivity contribution in [2.45, 2.75) is 18.4 Å². The molecule has 10 heteroatoms. The first-order valence-corrected chi connectivity index (χ1v) is 11.1. The molecule has 8 nitrogen and oxygen atoms in total. The molecule has 2 aromatic heterocycles. The summed E-state index contributed by atoms with van der Waals surface area (Å²) in [5, 5.41) is 1.76. The number of morpholine rings is 1. The van der Waals surface area contributed by atoms with E-state index in [9.17, 15) is 18.0 Å². The SMILES string of the molecule is Cc1c(=O)n(Cc2ccc(S(=O)(=O)N3CCOCC3)cc2)c(=O)n2ccsc12. The molecule has 1 saturated heterocycles. The van der Waals surface area contributed by atoms with Gasteiger partial charge < -0.3 is 4.74 Å². The molecule has 0 amide bonds. The number of rotatable bonds is 4. The number of aromatic nitrogens is 2. The van der Waals surface area contributed by atoms with Crippen LogP contribution >= 0.6 is 11.3 Å². The molecule has 0 aliphatic carbocycles. The number of hydrogen-bond donors (Lipinski definition) is 0. The van der Waals surface area contributed by atoms with Crippen LogP contribution in [0.4, 0.5) is 0 Å². The molecular formula is C18H19N3O5S2. The van der Waals surface area contributed by atoms with E-state index >= 15 is 0 Å². The van der Waals surface area contributed by atoms with E-state index in [0.717, 1.165) is 0 Å². The quantitative estimate of drug-likeness (QED) is 0.624. The Kier molecular flexibility index (Phi) is 4.96. The van der Waals surface area contributed by atoms with E-state index in [1.54, 1.807) is 30.6 Å². The van der Waals surface area contributed by atoms with Crippen LogP contribution in [0.15, 0.2) is 50.3 Å². The average molecular weight is 422 g/mol. The minimum atomic E-state index is -3.58. The van der Waals surface area contributed by atoms with E-state index in [-0.39, 0.29) is 17.0 Å². The maximum Gasteiger partial charge on any atom is 0.336 e. The number of hydrogen-bond acceptors (Lipinski definition) is 6. The number of thiazole rings is 1. The lowest BCUT2D eigenvalue weighted by molar-refractivity contribution is 0.0730. The lowest BCUT2D eigenvalue weighted by Crippen LogP contribution is -2.40. The monoisotopic (exact) mass is 421 g/mol. The van der Waals surface area contributed by atoms with Crippen LogP contribution < -0.4 is 11.2 Å². The summed E-state index contributed by atoms with van der Waals surface area (Å²) in [6.45, 7) is 3.20. The second kappa shape index (κ2) is 7.28. The van der Waals surface area contributed by atoms with E-state index in [0.29, 0.717) is 42.3 Å². The first-order chi connectivity index (χ1) is 13.4. The summed E-state index contributed by atoms with van der Waals surface area (Å²) < 4.78 is 34.6. The molecule has 0 unspecified atom stereocenters. The van der Waals surface area contributed by atoms with Crippen LogP contribution in [0, 0.1) is 6.92 Å². The van der Waals surface area contributed by atoms with Crippen molar-refractivity contribution in [3.05, 3.63) is 67.8 Å². The maximum atomic E-state index is 12.7. The molecule has 1 fully saturated rings. The highest BCUT2D eigenvalue weighted by molar-refractivity contribution is 7.89. The zero-order valence-electron chi connectivity index (χ0n) is 15.2. The minimum absolute atomic E-state index is 0.0785. The topological polar surface area (TPSA) is 90.1 Å². The van der Waals surface area contributed by atoms with Crippen molar-refractivity contribution in [2.75, 3.05) is 26.3 Å². The molecule has 0 saturated carbocycles. The van der Waals surface area contributed by atoms with Gasteiger partial charge in [0, 0.05) is 30.2 Å². The van der Waals surface area contributed by atoms with Gasteiger partial charge in [-0.05, 0) is 24.6 Å². The molecule has 0 atom stereocenters. The van der Waals surface area contributed by atoms with Gasteiger partial charge in [-0.2, -0.15) is 4.31 Å². The van der Waals surface area contributed by atoms with Gasteiger partial charge in [0.2, 0.25) is 10.0 Å². The molecule has 3 aromatic rings. The first-order valence-electron chi connectivity index (χ1n) is 8.76. The fourth-order valence-corrected chi connectivity index (χ4v) is 5.47. The summed E-state index contributed by atoms with van der Waals surface area (Å²) in [6.07, 6.45) is 1.64. The number of fused-ring (bicyclic) bond motifs is 1. The highest BCUT2D eigenvalue weighted by Gasteiger charge is 2.26. The molecule has 4 rings (SSSR count). The predicted molar refractivity (Wildman–Crippen MR) is 106 cm³/mol. The van der Waals surface area contributed by atoms with Crippen LogP contribution in [0.5, 0.6) is 0 Å². The standard InChI is InChI=1S/C18H19N3O5S2/c1-13-16(22)21(18(23)20-8-11-27-17(13)20)12-14-2-4-15(5-3-14)28(24,25)19-6-9-26-10-7-19/h2-5,8,11H,6-7,9-10,12H2,1H3. The Hall–Kier alpha value is -2.27. The second-order valence-corrected chi connectivity index (χ2v) is 9.37. The summed E-state index contributed by atoms with van der Waals surface area (Å²) in [7, 11) is -3.58. The van der Waals surface area contributed by atoms with Gasteiger partial charge in [-0.3, -0.25) is 13.8 Å². The molecule has 1 aromatic carbocycles. The Balaban J connectivity index is 1.65. The number of sulfonamides is 1. The van der Waals surface area contributed by atoms with E-state index in [1.807, 2.05) is 0 Å². The van der Waals surface area contributed by atoms with Crippen LogP contribution in [-0.2, 0) is 21.3 Å². The zero-order chi connectivity index (χ0) is 19.9. The Morgan fingerprint density at radius 1 is 1.11 bits per heavy atom. The molecular weight excluding hydrogens is 402 g/mol. The summed E-state index contributed by atoms with van der Waals surface area (Å²) in [4.78, 5) is 26.0. The normalized spacial score (nSPS) is 15.9. The zero-order valence-corrected chi connectivity index (χ0v) is 16.8. The fraction of sp³-hybridized carbons (Fsp3) is 0.333. The van der Waals surface area contributed by atoms with E-state index in [4.69, 9.17) is 4.74 Å². The second-order valence-electron chi connectivity index (χ2n) is 6.54. The van der Waals surface area contributed by atoms with Gasteiger partial charge in [0.1, 0.15) is 4.83 Å².